The molecule has 1 aromatic heterocycles. The monoisotopic (exact) mass is 326 g/mol. The average molecular weight is 326 g/mol. The summed E-state index contributed by atoms with van der Waals surface area (Å²) in [6, 6.07) is 11.2. The Bertz CT molecular complexity index is 814. The van der Waals surface area contributed by atoms with E-state index in [0.717, 1.165) is 16.0 Å². The Hall–Kier alpha value is -2.40. The minimum Gasteiger partial charge on any atom is -0.494 e. The van der Waals surface area contributed by atoms with E-state index in [1.54, 1.807) is 24.3 Å². The Balaban J connectivity index is 1.79. The Morgan fingerprint density at radius 2 is 1.87 bits per heavy atom. The summed E-state index contributed by atoms with van der Waals surface area (Å²) in [5.74, 6) is 0.593. The van der Waals surface area contributed by atoms with Crippen LogP contribution in [-0.2, 0) is 0 Å². The van der Waals surface area contributed by atoms with Crippen LogP contribution < -0.4 is 10.1 Å². The number of rotatable bonds is 4. The molecule has 3 rings (SSSR count). The molecule has 1 heterocycles. The molecule has 1 N–H and O–H groups in total. The number of hydrogen-bond acceptors (Lipinski definition) is 4. The molecule has 0 aliphatic carbocycles. The van der Waals surface area contributed by atoms with Crippen molar-refractivity contribution in [3.63, 3.8) is 0 Å². The number of benzene rings is 2. The molecule has 0 saturated heterocycles. The van der Waals surface area contributed by atoms with Crippen LogP contribution in [0.1, 0.15) is 28.4 Å². The van der Waals surface area contributed by atoms with Gasteiger partial charge in [-0.3, -0.25) is 10.1 Å². The zero-order valence-corrected chi connectivity index (χ0v) is 14.2. The second kappa shape index (κ2) is 6.38. The lowest BCUT2D eigenvalue weighted by atomic mass is 10.1. The standard InChI is InChI=1S/C18H18N2O2S/c1-4-22-14-7-5-13(6-8-14)17(21)20-18-19-15-9-11(2)12(3)10-16(15)23-18/h5-10H,4H2,1-3H3,(H,19,20,21). The maximum absolute atomic E-state index is 12.3. The van der Waals surface area contributed by atoms with Crippen LogP contribution in [0.2, 0.25) is 0 Å². The number of hydrogen-bond donors (Lipinski definition) is 1. The maximum atomic E-state index is 12.3. The molecule has 2 aromatic carbocycles. The minimum atomic E-state index is -0.166. The number of carbonyl (C=O) groups excluding carboxylic acids is 1. The molecule has 118 valence electrons. The molecular weight excluding hydrogens is 308 g/mol. The molecule has 0 aliphatic rings. The summed E-state index contributed by atoms with van der Waals surface area (Å²) in [5.41, 5.74) is 3.93. The van der Waals surface area contributed by atoms with Crippen LogP contribution >= 0.6 is 11.3 Å². The Kier molecular flexibility index (Phi) is 4.30. The second-order valence-electron chi connectivity index (χ2n) is 5.33. The topological polar surface area (TPSA) is 51.2 Å². The lowest BCUT2D eigenvalue weighted by molar-refractivity contribution is 0.102. The van der Waals surface area contributed by atoms with Gasteiger partial charge in [-0.05, 0) is 68.3 Å². The number of ether oxygens (including phenoxy) is 1. The van der Waals surface area contributed by atoms with Crippen molar-refractivity contribution in [1.29, 1.82) is 0 Å². The molecule has 0 bridgehead atoms. The van der Waals surface area contributed by atoms with E-state index in [1.165, 1.54) is 22.5 Å². The van der Waals surface area contributed by atoms with Gasteiger partial charge < -0.3 is 4.74 Å². The summed E-state index contributed by atoms with van der Waals surface area (Å²) in [6.07, 6.45) is 0. The lowest BCUT2D eigenvalue weighted by Crippen LogP contribution is -2.11. The summed E-state index contributed by atoms with van der Waals surface area (Å²) in [6.45, 7) is 6.67. The molecule has 5 heteroatoms. The van der Waals surface area contributed by atoms with Crippen LogP contribution in [0.15, 0.2) is 36.4 Å². The molecule has 0 radical (unpaired) electrons. The van der Waals surface area contributed by atoms with Gasteiger partial charge in [0.05, 0.1) is 16.8 Å². The van der Waals surface area contributed by atoms with E-state index < -0.39 is 0 Å². The first-order valence-electron chi connectivity index (χ1n) is 7.49. The van der Waals surface area contributed by atoms with Crippen LogP contribution in [-0.4, -0.2) is 17.5 Å². The molecule has 23 heavy (non-hydrogen) atoms. The number of aromatic nitrogens is 1. The number of fused-ring (bicyclic) bond motifs is 1. The predicted octanol–water partition coefficient (Wildman–Crippen LogP) is 4.56. The molecule has 3 aromatic rings. The minimum absolute atomic E-state index is 0.166. The van der Waals surface area contributed by atoms with Gasteiger partial charge in [0.15, 0.2) is 5.13 Å². The molecule has 0 spiro atoms. The van der Waals surface area contributed by atoms with Gasteiger partial charge in [-0.1, -0.05) is 11.3 Å². The van der Waals surface area contributed by atoms with Gasteiger partial charge in [0.25, 0.3) is 5.91 Å². The Morgan fingerprint density at radius 1 is 1.17 bits per heavy atom. The van der Waals surface area contributed by atoms with E-state index in [-0.39, 0.29) is 5.91 Å². The van der Waals surface area contributed by atoms with Crippen LogP contribution in [0.3, 0.4) is 0 Å². The zero-order chi connectivity index (χ0) is 16.4. The highest BCUT2D eigenvalue weighted by Gasteiger charge is 2.11. The van der Waals surface area contributed by atoms with E-state index in [4.69, 9.17) is 4.74 Å². The van der Waals surface area contributed by atoms with E-state index >= 15 is 0 Å². The van der Waals surface area contributed by atoms with Crippen molar-refractivity contribution >= 4 is 32.6 Å². The summed E-state index contributed by atoms with van der Waals surface area (Å²) in [4.78, 5) is 16.8. The van der Waals surface area contributed by atoms with Crippen molar-refractivity contribution < 1.29 is 9.53 Å². The predicted molar refractivity (Wildman–Crippen MR) is 94.7 cm³/mol. The summed E-state index contributed by atoms with van der Waals surface area (Å²) in [5, 5.41) is 3.48. The summed E-state index contributed by atoms with van der Waals surface area (Å²) < 4.78 is 6.46. The number of thiazole rings is 1. The van der Waals surface area contributed by atoms with Crippen LogP contribution in [0.4, 0.5) is 5.13 Å². The van der Waals surface area contributed by atoms with Crippen molar-refractivity contribution in [2.24, 2.45) is 0 Å². The fourth-order valence-electron chi connectivity index (χ4n) is 2.27. The summed E-state index contributed by atoms with van der Waals surface area (Å²) >= 11 is 1.49. The van der Waals surface area contributed by atoms with Crippen molar-refractivity contribution in [2.45, 2.75) is 20.8 Å². The number of nitrogens with one attached hydrogen (secondary N) is 1. The van der Waals surface area contributed by atoms with Gasteiger partial charge in [-0.15, -0.1) is 0 Å². The molecule has 0 atom stereocenters. The zero-order valence-electron chi connectivity index (χ0n) is 13.3. The maximum Gasteiger partial charge on any atom is 0.257 e. The van der Waals surface area contributed by atoms with E-state index in [0.29, 0.717) is 17.3 Å². The third kappa shape index (κ3) is 3.35. The normalized spacial score (nSPS) is 10.7. The number of amides is 1. The molecule has 0 fully saturated rings. The second-order valence-corrected chi connectivity index (χ2v) is 6.37. The number of aryl methyl sites for hydroxylation is 2. The first-order chi connectivity index (χ1) is 11.1. The average Bonchev–Trinajstić information content (AvgIpc) is 2.90. The van der Waals surface area contributed by atoms with Crippen molar-refractivity contribution in [2.75, 3.05) is 11.9 Å². The smallest absolute Gasteiger partial charge is 0.257 e. The highest BCUT2D eigenvalue weighted by molar-refractivity contribution is 7.22. The van der Waals surface area contributed by atoms with Gasteiger partial charge in [-0.25, -0.2) is 4.98 Å². The Morgan fingerprint density at radius 3 is 2.57 bits per heavy atom. The van der Waals surface area contributed by atoms with Crippen LogP contribution in [0.25, 0.3) is 10.2 Å². The number of nitrogens with zero attached hydrogens (tertiary/aromatic N) is 1. The van der Waals surface area contributed by atoms with E-state index in [2.05, 4.69) is 30.2 Å². The fraction of sp³-hybridized carbons (Fsp3) is 0.222. The van der Waals surface area contributed by atoms with Gasteiger partial charge in [0.2, 0.25) is 0 Å². The molecule has 0 saturated carbocycles. The Labute approximate surface area is 139 Å². The molecule has 0 unspecified atom stereocenters. The van der Waals surface area contributed by atoms with Crippen molar-refractivity contribution in [1.82, 2.24) is 4.98 Å². The SMILES string of the molecule is CCOc1ccc(C(=O)Nc2nc3cc(C)c(C)cc3s2)cc1. The van der Waals surface area contributed by atoms with E-state index in [9.17, 15) is 4.79 Å². The van der Waals surface area contributed by atoms with E-state index in [1.807, 2.05) is 13.0 Å². The molecule has 0 aliphatic heterocycles. The van der Waals surface area contributed by atoms with Gasteiger partial charge in [0.1, 0.15) is 5.75 Å². The highest BCUT2D eigenvalue weighted by Crippen LogP contribution is 2.28. The largest absolute Gasteiger partial charge is 0.494 e. The quantitative estimate of drug-likeness (QED) is 0.764. The van der Waals surface area contributed by atoms with Crippen LogP contribution in [0, 0.1) is 13.8 Å². The van der Waals surface area contributed by atoms with Gasteiger partial charge >= 0.3 is 0 Å². The van der Waals surface area contributed by atoms with Gasteiger partial charge in [0, 0.05) is 5.56 Å². The van der Waals surface area contributed by atoms with Crippen molar-refractivity contribution in [3.8, 4) is 5.75 Å². The van der Waals surface area contributed by atoms with Crippen LogP contribution in [0.5, 0.6) is 5.75 Å². The molecule has 4 nitrogen and oxygen atoms in total. The third-order valence-corrected chi connectivity index (χ3v) is 4.59. The number of carbonyl (C=O) groups is 1. The first-order valence-corrected chi connectivity index (χ1v) is 8.30. The number of anilines is 1. The fourth-order valence-corrected chi connectivity index (χ4v) is 3.21. The lowest BCUT2D eigenvalue weighted by Gasteiger charge is -2.04. The highest BCUT2D eigenvalue weighted by atomic mass is 32.1. The third-order valence-electron chi connectivity index (χ3n) is 3.65. The summed E-state index contributed by atoms with van der Waals surface area (Å²) in [7, 11) is 0. The van der Waals surface area contributed by atoms with Crippen molar-refractivity contribution in [3.05, 3.63) is 53.1 Å². The first kappa shape index (κ1) is 15.5. The van der Waals surface area contributed by atoms with Gasteiger partial charge in [-0.2, -0.15) is 0 Å². The molecular formula is C18H18N2O2S. The molecule has 1 amide bonds.